The first-order valence-electron chi connectivity index (χ1n) is 24.0. The molecular formula is C65H53BN2. The molecule has 0 saturated heterocycles. The molecule has 1 N–H and O–H groups in total. The molecule has 0 unspecified atom stereocenters. The first-order chi connectivity index (χ1) is 33.1. The van der Waals surface area contributed by atoms with E-state index in [1.807, 2.05) is 0 Å². The van der Waals surface area contributed by atoms with Crippen LogP contribution in [-0.2, 0) is 5.41 Å². The van der Waals surface area contributed by atoms with Crippen molar-refractivity contribution in [2.45, 2.75) is 47.0 Å². The summed E-state index contributed by atoms with van der Waals surface area (Å²) in [5.74, 6) is 0. The van der Waals surface area contributed by atoms with Crippen molar-refractivity contribution in [3.63, 3.8) is 0 Å². The summed E-state index contributed by atoms with van der Waals surface area (Å²) in [5.41, 5.74) is 28.6. The number of hydrogen-bond donors (Lipinski definition) is 1. The summed E-state index contributed by atoms with van der Waals surface area (Å²) in [6, 6.07) is 74.7. The van der Waals surface area contributed by atoms with Gasteiger partial charge in [-0.2, -0.15) is 0 Å². The molecule has 10 aromatic rings. The molecule has 1 aliphatic heterocycles. The molecular weight excluding hydrogens is 820 g/mol. The molecule has 2 aliphatic rings. The Hall–Kier alpha value is -7.88. The van der Waals surface area contributed by atoms with Crippen molar-refractivity contribution in [1.82, 2.24) is 0 Å². The van der Waals surface area contributed by atoms with E-state index in [0.717, 1.165) is 18.7 Å². The number of hydrogen-bond acceptors (Lipinski definition) is 2. The van der Waals surface area contributed by atoms with Crippen molar-refractivity contribution in [2.24, 2.45) is 0 Å². The number of nitrogens with zero attached hydrogens (tertiary/aromatic N) is 1. The van der Waals surface area contributed by atoms with Gasteiger partial charge in [0.1, 0.15) is 0 Å². The summed E-state index contributed by atoms with van der Waals surface area (Å²) >= 11 is 0. The Balaban J connectivity index is 1.13. The van der Waals surface area contributed by atoms with E-state index in [-0.39, 0.29) is 5.41 Å². The second kappa shape index (κ2) is 16.2. The number of aryl methyl sites for hydroxylation is 4. The first-order valence-corrected chi connectivity index (χ1v) is 24.0. The SMILES string of the molecule is Cc1cc(C)c(-c2cc(-c3cc4ccccc4cc3Nc3ccc(-c4ccccc4)cc3)c3c(c2)N(c2ccc(-c4ccccc4)cc2C)c2cc4c(cc2B3)-c2ccccc2C4(C)C)c(C)c1. The average molecular weight is 873 g/mol. The van der Waals surface area contributed by atoms with Crippen LogP contribution in [0.3, 0.4) is 0 Å². The van der Waals surface area contributed by atoms with Gasteiger partial charge in [0, 0.05) is 39.4 Å². The van der Waals surface area contributed by atoms with E-state index in [2.05, 4.69) is 252 Å². The van der Waals surface area contributed by atoms with Crippen molar-refractivity contribution in [1.29, 1.82) is 0 Å². The number of benzene rings is 10. The minimum atomic E-state index is -0.146. The Bertz CT molecular complexity index is 3600. The third kappa shape index (κ3) is 6.96. The molecule has 1 heterocycles. The van der Waals surface area contributed by atoms with Gasteiger partial charge in [0.2, 0.25) is 0 Å². The van der Waals surface area contributed by atoms with E-state index in [1.165, 1.54) is 128 Å². The van der Waals surface area contributed by atoms with Crippen LogP contribution in [0.4, 0.5) is 28.4 Å². The quantitative estimate of drug-likeness (QED) is 0.161. The molecule has 68 heavy (non-hydrogen) atoms. The topological polar surface area (TPSA) is 15.3 Å². The van der Waals surface area contributed by atoms with Gasteiger partial charge in [-0.05, 0) is 176 Å². The van der Waals surface area contributed by atoms with Gasteiger partial charge in [-0.1, -0.05) is 170 Å². The number of rotatable bonds is 7. The molecule has 0 atom stereocenters. The van der Waals surface area contributed by atoms with Crippen LogP contribution in [0, 0.1) is 27.7 Å². The van der Waals surface area contributed by atoms with Gasteiger partial charge in [-0.25, -0.2) is 0 Å². The molecule has 3 heteroatoms. The van der Waals surface area contributed by atoms with Crippen LogP contribution in [0.1, 0.15) is 47.2 Å². The van der Waals surface area contributed by atoms with Crippen LogP contribution in [-0.4, -0.2) is 7.28 Å². The summed E-state index contributed by atoms with van der Waals surface area (Å²) in [5, 5.41) is 6.39. The Labute approximate surface area is 401 Å². The molecule has 0 fully saturated rings. The lowest BCUT2D eigenvalue weighted by Gasteiger charge is -2.37. The highest BCUT2D eigenvalue weighted by atomic mass is 15.2. The first kappa shape index (κ1) is 41.5. The summed E-state index contributed by atoms with van der Waals surface area (Å²) in [7, 11) is 0.789. The average Bonchev–Trinajstić information content (AvgIpc) is 3.57. The van der Waals surface area contributed by atoms with Crippen LogP contribution >= 0.6 is 0 Å². The van der Waals surface area contributed by atoms with Gasteiger partial charge >= 0.3 is 0 Å². The maximum absolute atomic E-state index is 3.97. The molecule has 12 rings (SSSR count). The van der Waals surface area contributed by atoms with Gasteiger partial charge in [-0.15, -0.1) is 0 Å². The minimum Gasteiger partial charge on any atom is -0.355 e. The van der Waals surface area contributed by atoms with Crippen LogP contribution in [0.5, 0.6) is 0 Å². The second-order valence-electron chi connectivity index (χ2n) is 19.7. The lowest BCUT2D eigenvalue weighted by molar-refractivity contribution is 0.660. The predicted molar refractivity (Wildman–Crippen MR) is 293 cm³/mol. The van der Waals surface area contributed by atoms with E-state index in [9.17, 15) is 0 Å². The van der Waals surface area contributed by atoms with Crippen molar-refractivity contribution in [3.05, 3.63) is 234 Å². The van der Waals surface area contributed by atoms with E-state index < -0.39 is 0 Å². The maximum Gasteiger partial charge on any atom is 0.198 e. The van der Waals surface area contributed by atoms with Crippen LogP contribution in [0.2, 0.25) is 0 Å². The number of anilines is 5. The van der Waals surface area contributed by atoms with Gasteiger partial charge in [0.05, 0.1) is 0 Å². The fourth-order valence-electron chi connectivity index (χ4n) is 11.6. The summed E-state index contributed by atoms with van der Waals surface area (Å²) < 4.78 is 0. The van der Waals surface area contributed by atoms with Crippen LogP contribution in [0.25, 0.3) is 66.4 Å². The summed E-state index contributed by atoms with van der Waals surface area (Å²) in [6.07, 6.45) is 0. The van der Waals surface area contributed by atoms with Crippen molar-refractivity contribution < 1.29 is 0 Å². The van der Waals surface area contributed by atoms with Crippen molar-refractivity contribution >= 4 is 57.4 Å². The van der Waals surface area contributed by atoms with Gasteiger partial charge < -0.3 is 10.2 Å². The van der Waals surface area contributed by atoms with Crippen molar-refractivity contribution in [3.8, 4) is 55.6 Å². The zero-order valence-electron chi connectivity index (χ0n) is 39.7. The molecule has 0 aromatic heterocycles. The van der Waals surface area contributed by atoms with Gasteiger partial charge in [-0.3, -0.25) is 0 Å². The standard InChI is InChI=1S/C65H53BN2/c1-40-31-42(3)63(43(4)32-40)50-35-55(54-34-47-21-13-14-22-48(47)36-59(54)67-51-28-25-46(26-29-51)44-17-9-7-10-18-44)64-62(37-50)68(60-30-27-49(33-41(60)2)45-19-11-8-12-20-45)61-39-57-53(38-58(61)66-64)52-23-15-16-24-56(52)65(57,5)6/h7-39,66-67H,1-6H3. The molecule has 0 spiro atoms. The third-order valence-corrected chi connectivity index (χ3v) is 14.8. The molecule has 0 radical (unpaired) electrons. The van der Waals surface area contributed by atoms with Gasteiger partial charge in [0.25, 0.3) is 0 Å². The van der Waals surface area contributed by atoms with Crippen LogP contribution < -0.4 is 21.1 Å². The largest absolute Gasteiger partial charge is 0.355 e. The summed E-state index contributed by atoms with van der Waals surface area (Å²) in [4.78, 5) is 2.61. The highest BCUT2D eigenvalue weighted by Gasteiger charge is 2.39. The highest BCUT2D eigenvalue weighted by molar-refractivity contribution is 6.73. The molecule has 2 nitrogen and oxygen atoms in total. The molecule has 326 valence electrons. The second-order valence-corrected chi connectivity index (χ2v) is 19.7. The molecule has 0 saturated carbocycles. The Morgan fingerprint density at radius 3 is 1.74 bits per heavy atom. The van der Waals surface area contributed by atoms with E-state index in [1.54, 1.807) is 0 Å². The smallest absolute Gasteiger partial charge is 0.198 e. The highest BCUT2D eigenvalue weighted by Crippen LogP contribution is 2.52. The zero-order chi connectivity index (χ0) is 46.3. The fourth-order valence-corrected chi connectivity index (χ4v) is 11.6. The monoisotopic (exact) mass is 872 g/mol. The number of fused-ring (bicyclic) bond motifs is 6. The van der Waals surface area contributed by atoms with Crippen molar-refractivity contribution in [2.75, 3.05) is 10.2 Å². The predicted octanol–water partition coefficient (Wildman–Crippen LogP) is 16.0. The lowest BCUT2D eigenvalue weighted by atomic mass is 9.57. The fraction of sp³-hybridized carbons (Fsp3) is 0.108. The van der Waals surface area contributed by atoms with Gasteiger partial charge in [0.15, 0.2) is 7.28 Å². The molecule has 0 bridgehead atoms. The zero-order valence-corrected chi connectivity index (χ0v) is 39.7. The van der Waals surface area contributed by atoms with E-state index in [0.29, 0.717) is 0 Å². The third-order valence-electron chi connectivity index (χ3n) is 14.8. The van der Waals surface area contributed by atoms with Crippen LogP contribution in [0.15, 0.2) is 200 Å². The Morgan fingerprint density at radius 1 is 0.412 bits per heavy atom. The molecule has 10 aromatic carbocycles. The maximum atomic E-state index is 3.97. The van der Waals surface area contributed by atoms with E-state index in [4.69, 9.17) is 0 Å². The Kier molecular flexibility index (Phi) is 9.88. The lowest BCUT2D eigenvalue weighted by Crippen LogP contribution is -2.41. The Morgan fingerprint density at radius 2 is 1.03 bits per heavy atom. The molecule has 0 amide bonds. The normalized spacial score (nSPS) is 13.1. The molecule has 1 aliphatic carbocycles. The van der Waals surface area contributed by atoms with E-state index >= 15 is 0 Å². The number of nitrogens with one attached hydrogen (secondary N) is 1. The summed E-state index contributed by atoms with van der Waals surface area (Å²) in [6.45, 7) is 13.8. The minimum absolute atomic E-state index is 0.146.